The van der Waals surface area contributed by atoms with Crippen LogP contribution in [0.2, 0.25) is 0 Å². The highest BCUT2D eigenvalue weighted by Gasteiger charge is 2.29. The Kier molecular flexibility index (Phi) is 5.21. The van der Waals surface area contributed by atoms with Gasteiger partial charge in [0.2, 0.25) is 0 Å². The molecule has 0 radical (unpaired) electrons. The summed E-state index contributed by atoms with van der Waals surface area (Å²) in [4.78, 5) is 25.1. The normalized spacial score (nSPS) is 11.0. The number of carbonyl (C=O) groups is 2. The summed E-state index contributed by atoms with van der Waals surface area (Å²) in [5.41, 5.74) is 3.17. The lowest BCUT2D eigenvalue weighted by Crippen LogP contribution is -2.55. The third-order valence-electron chi connectivity index (χ3n) is 3.21. The fourth-order valence-electron chi connectivity index (χ4n) is 2.00. The van der Waals surface area contributed by atoms with Crippen LogP contribution in [0.25, 0.3) is 0 Å². The zero-order valence-electron chi connectivity index (χ0n) is 13.3. The van der Waals surface area contributed by atoms with E-state index >= 15 is 0 Å². The average molecular weight is 375 g/mol. The summed E-state index contributed by atoms with van der Waals surface area (Å²) in [5, 5.41) is 1.37. The van der Waals surface area contributed by atoms with Gasteiger partial charge in [-0.15, -0.1) is 0 Å². The number of carbonyl (C=O) groups excluding carboxylic acids is 2. The van der Waals surface area contributed by atoms with Gasteiger partial charge in [-0.2, -0.15) is 0 Å². The molecule has 0 fully saturated rings. The molecule has 0 saturated carbocycles. The maximum absolute atomic E-state index is 12.8. The SMILES string of the molecule is CC(C)(C)N(NC(=O)c1ccccc1)C(=O)c1ccc(Br)cc1. The molecule has 0 spiro atoms. The van der Waals surface area contributed by atoms with Crippen LogP contribution < -0.4 is 5.43 Å². The van der Waals surface area contributed by atoms with Gasteiger partial charge >= 0.3 is 0 Å². The highest BCUT2D eigenvalue weighted by Crippen LogP contribution is 2.17. The van der Waals surface area contributed by atoms with Gasteiger partial charge in [0.05, 0.1) is 5.54 Å². The van der Waals surface area contributed by atoms with Crippen molar-refractivity contribution in [2.75, 3.05) is 0 Å². The van der Waals surface area contributed by atoms with Crippen molar-refractivity contribution in [3.63, 3.8) is 0 Å². The summed E-state index contributed by atoms with van der Waals surface area (Å²) in [6.07, 6.45) is 0. The zero-order valence-corrected chi connectivity index (χ0v) is 14.9. The molecule has 0 atom stereocenters. The molecule has 120 valence electrons. The van der Waals surface area contributed by atoms with Crippen molar-refractivity contribution >= 4 is 27.7 Å². The molecule has 0 aliphatic heterocycles. The number of hydrogen-bond donors (Lipinski definition) is 1. The van der Waals surface area contributed by atoms with Crippen LogP contribution in [0.1, 0.15) is 41.5 Å². The number of nitrogens with zero attached hydrogens (tertiary/aromatic N) is 1. The highest BCUT2D eigenvalue weighted by molar-refractivity contribution is 9.10. The molecule has 4 nitrogen and oxygen atoms in total. The van der Waals surface area contributed by atoms with E-state index in [2.05, 4.69) is 21.4 Å². The molecule has 0 unspecified atom stereocenters. The van der Waals surface area contributed by atoms with Gasteiger partial charge in [-0.3, -0.25) is 15.0 Å². The van der Waals surface area contributed by atoms with Gasteiger partial charge in [-0.05, 0) is 57.2 Å². The second kappa shape index (κ2) is 6.96. The molecule has 0 aliphatic carbocycles. The Hall–Kier alpha value is -2.14. The molecule has 0 saturated heterocycles. The topological polar surface area (TPSA) is 49.4 Å². The maximum atomic E-state index is 12.8. The molecule has 0 aliphatic rings. The fraction of sp³-hybridized carbons (Fsp3) is 0.222. The molecule has 1 N–H and O–H groups in total. The van der Waals surface area contributed by atoms with Gasteiger partial charge in [0.1, 0.15) is 0 Å². The molecule has 5 heteroatoms. The van der Waals surface area contributed by atoms with Crippen molar-refractivity contribution in [3.8, 4) is 0 Å². The van der Waals surface area contributed by atoms with E-state index in [1.54, 1.807) is 48.5 Å². The van der Waals surface area contributed by atoms with Crippen LogP contribution >= 0.6 is 15.9 Å². The van der Waals surface area contributed by atoms with Crippen molar-refractivity contribution in [2.24, 2.45) is 0 Å². The molecule has 0 aromatic heterocycles. The quantitative estimate of drug-likeness (QED) is 0.806. The number of hydrogen-bond acceptors (Lipinski definition) is 2. The first-order valence-electron chi connectivity index (χ1n) is 7.25. The van der Waals surface area contributed by atoms with Crippen LogP contribution in [0.3, 0.4) is 0 Å². The first kappa shape index (κ1) is 17.2. The number of benzene rings is 2. The molecular weight excluding hydrogens is 356 g/mol. The van der Waals surface area contributed by atoms with Crippen molar-refractivity contribution in [1.82, 2.24) is 10.4 Å². The number of hydrazine groups is 1. The Morgan fingerprint density at radius 1 is 0.913 bits per heavy atom. The average Bonchev–Trinajstić information content (AvgIpc) is 2.52. The van der Waals surface area contributed by atoms with E-state index in [0.717, 1.165) is 4.47 Å². The van der Waals surface area contributed by atoms with Crippen LogP contribution in [0.5, 0.6) is 0 Å². The summed E-state index contributed by atoms with van der Waals surface area (Å²) in [6, 6.07) is 15.9. The molecule has 2 amide bonds. The van der Waals surface area contributed by atoms with Crippen LogP contribution in [-0.2, 0) is 0 Å². The van der Waals surface area contributed by atoms with E-state index in [9.17, 15) is 9.59 Å². The molecular formula is C18H19BrN2O2. The summed E-state index contributed by atoms with van der Waals surface area (Å²) in [5.74, 6) is -0.569. The number of amides is 2. The Balaban J connectivity index is 2.26. The largest absolute Gasteiger partial charge is 0.272 e. The minimum Gasteiger partial charge on any atom is -0.267 e. The van der Waals surface area contributed by atoms with Crippen LogP contribution in [0.15, 0.2) is 59.1 Å². The molecule has 0 heterocycles. The highest BCUT2D eigenvalue weighted by atomic mass is 79.9. The summed E-state index contributed by atoms with van der Waals surface area (Å²) < 4.78 is 0.893. The van der Waals surface area contributed by atoms with Crippen LogP contribution in [0, 0.1) is 0 Å². The Morgan fingerprint density at radius 3 is 2.00 bits per heavy atom. The maximum Gasteiger partial charge on any atom is 0.272 e. The molecule has 0 bridgehead atoms. The summed E-state index contributed by atoms with van der Waals surface area (Å²) >= 11 is 3.35. The van der Waals surface area contributed by atoms with Gasteiger partial charge in [0.25, 0.3) is 11.8 Å². The zero-order chi connectivity index (χ0) is 17.0. The van der Waals surface area contributed by atoms with Crippen LogP contribution in [0.4, 0.5) is 0 Å². The second-order valence-electron chi connectivity index (χ2n) is 6.13. The van der Waals surface area contributed by atoms with Gasteiger partial charge in [-0.1, -0.05) is 34.1 Å². The van der Waals surface area contributed by atoms with E-state index < -0.39 is 5.54 Å². The van der Waals surface area contributed by atoms with Gasteiger partial charge in [-0.25, -0.2) is 5.01 Å². The Morgan fingerprint density at radius 2 is 1.48 bits per heavy atom. The van der Waals surface area contributed by atoms with E-state index in [4.69, 9.17) is 0 Å². The van der Waals surface area contributed by atoms with E-state index in [1.807, 2.05) is 26.8 Å². The van der Waals surface area contributed by atoms with Gasteiger partial charge in [0, 0.05) is 15.6 Å². The third kappa shape index (κ3) is 4.42. The summed E-state index contributed by atoms with van der Waals surface area (Å²) in [7, 11) is 0. The smallest absolute Gasteiger partial charge is 0.267 e. The predicted octanol–water partition coefficient (Wildman–Crippen LogP) is 4.03. The van der Waals surface area contributed by atoms with E-state index in [-0.39, 0.29) is 11.8 Å². The Bertz CT molecular complexity index is 691. The molecule has 2 aromatic rings. The lowest BCUT2D eigenvalue weighted by molar-refractivity contribution is 0.0358. The van der Waals surface area contributed by atoms with Crippen molar-refractivity contribution in [1.29, 1.82) is 0 Å². The minimum atomic E-state index is -0.561. The summed E-state index contributed by atoms with van der Waals surface area (Å²) in [6.45, 7) is 5.61. The lowest BCUT2D eigenvalue weighted by Gasteiger charge is -2.35. The lowest BCUT2D eigenvalue weighted by atomic mass is 10.1. The van der Waals surface area contributed by atoms with Crippen molar-refractivity contribution < 1.29 is 9.59 Å². The van der Waals surface area contributed by atoms with Gasteiger partial charge in [0.15, 0.2) is 0 Å². The monoisotopic (exact) mass is 374 g/mol. The standard InChI is InChI=1S/C18H19BrN2O2/c1-18(2,3)21(17(23)14-9-11-15(19)12-10-14)20-16(22)13-7-5-4-6-8-13/h4-12H,1-3H3,(H,20,22). The van der Waals surface area contributed by atoms with Gasteiger partial charge < -0.3 is 0 Å². The third-order valence-corrected chi connectivity index (χ3v) is 3.74. The first-order chi connectivity index (χ1) is 10.8. The van der Waals surface area contributed by atoms with E-state index in [1.165, 1.54) is 5.01 Å². The first-order valence-corrected chi connectivity index (χ1v) is 8.04. The van der Waals surface area contributed by atoms with Crippen molar-refractivity contribution in [2.45, 2.75) is 26.3 Å². The minimum absolute atomic E-state index is 0.255. The number of nitrogens with one attached hydrogen (secondary N) is 1. The number of halogens is 1. The molecule has 23 heavy (non-hydrogen) atoms. The predicted molar refractivity (Wildman–Crippen MR) is 94.0 cm³/mol. The number of rotatable bonds is 2. The van der Waals surface area contributed by atoms with E-state index in [0.29, 0.717) is 11.1 Å². The Labute approximate surface area is 144 Å². The van der Waals surface area contributed by atoms with Crippen LogP contribution in [-0.4, -0.2) is 22.4 Å². The molecule has 2 aromatic carbocycles. The molecule has 2 rings (SSSR count). The van der Waals surface area contributed by atoms with Crippen molar-refractivity contribution in [3.05, 3.63) is 70.2 Å². The second-order valence-corrected chi connectivity index (χ2v) is 7.04. The fourth-order valence-corrected chi connectivity index (χ4v) is 2.26.